The van der Waals surface area contributed by atoms with Crippen molar-refractivity contribution in [2.75, 3.05) is 14.2 Å². The van der Waals surface area contributed by atoms with Crippen LogP contribution in [0.1, 0.15) is 177 Å². The molecule has 0 saturated heterocycles. The Bertz CT molecular complexity index is 1850. The smallest absolute Gasteiger partial charge is 0.249 e. The number of aliphatic hydroxyl groups is 2. The first kappa shape index (κ1) is 53.1. The fraction of sp³-hybridized carbons (Fsp3) is 0.818. The third-order valence-corrected chi connectivity index (χ3v) is 19.4. The number of hydroxylamine groups is 2. The van der Waals surface area contributed by atoms with Gasteiger partial charge in [0.2, 0.25) is 5.91 Å². The molecule has 0 aliphatic heterocycles. The Balaban J connectivity index is 0.000000205. The number of aromatic nitrogens is 4. The summed E-state index contributed by atoms with van der Waals surface area (Å²) < 4.78 is 0. The summed E-state index contributed by atoms with van der Waals surface area (Å²) in [5.41, 5.74) is 1.22. The molecule has 2 aromatic heterocycles. The zero-order chi connectivity index (χ0) is 44.0. The molecule has 0 unspecified atom stereocenters. The van der Waals surface area contributed by atoms with Crippen molar-refractivity contribution in [3.8, 4) is 0 Å². The van der Waals surface area contributed by atoms with E-state index in [1.165, 1.54) is 82.1 Å². The number of aryl methyl sites for hydroxylation is 1. The molecule has 8 fully saturated rings. The second kappa shape index (κ2) is 21.2. The predicted octanol–water partition coefficient (Wildman–Crippen LogP) is 11.3. The number of nitrogens with zero attached hydrogens (tertiary/aromatic N) is 5. The second-order valence-electron chi connectivity index (χ2n) is 22.9. The van der Waals surface area contributed by atoms with E-state index in [1.807, 2.05) is 20.8 Å². The van der Waals surface area contributed by atoms with Crippen molar-refractivity contribution in [1.29, 1.82) is 0 Å². The quantitative estimate of drug-likeness (QED) is 0.281. The molecule has 8 aliphatic rings. The van der Waals surface area contributed by atoms with Gasteiger partial charge in [0.05, 0.1) is 36.1 Å². The Morgan fingerprint density at radius 1 is 0.615 bits per heavy atom. The summed E-state index contributed by atoms with van der Waals surface area (Å²) in [6.45, 7) is 10.8. The number of carbonyl (C=O) groups excluding carboxylic acids is 2. The summed E-state index contributed by atoms with van der Waals surface area (Å²) in [5, 5.41) is 22.5. The molecule has 8 aliphatic carbocycles. The van der Waals surface area contributed by atoms with E-state index in [9.17, 15) is 19.8 Å². The lowest BCUT2D eigenvalue weighted by Gasteiger charge is -2.56. The fourth-order valence-electron chi connectivity index (χ4n) is 16.5. The Labute approximate surface area is 394 Å². The van der Waals surface area contributed by atoms with Crippen molar-refractivity contribution < 1.29 is 24.6 Å². The van der Waals surface area contributed by atoms with Crippen molar-refractivity contribution in [2.24, 2.45) is 81.8 Å². The lowest BCUT2D eigenvalue weighted by Crippen LogP contribution is -2.51. The van der Waals surface area contributed by atoms with Crippen LogP contribution in [0.5, 0.6) is 0 Å². The van der Waals surface area contributed by atoms with Crippen molar-refractivity contribution >= 4 is 11.7 Å². The lowest BCUT2D eigenvalue weighted by atomic mass is 9.49. The number of fused-ring (bicyclic) bond motifs is 10. The Kier molecular flexibility index (Phi) is 17.3. The van der Waals surface area contributed by atoms with E-state index >= 15 is 0 Å². The highest BCUT2D eigenvalue weighted by atomic mass is 16.7. The molecule has 2 aromatic rings. The molecule has 2 heterocycles. The van der Waals surface area contributed by atoms with Gasteiger partial charge in [-0.25, -0.2) is 5.06 Å². The zero-order valence-electron chi connectivity index (χ0n) is 39.2. The fourth-order valence-corrected chi connectivity index (χ4v) is 16.5. The summed E-state index contributed by atoms with van der Waals surface area (Å²) in [4.78, 5) is 47.5. The molecule has 8 saturated carbocycles. The van der Waals surface area contributed by atoms with Gasteiger partial charge in [-0.1, -0.05) is 36.1 Å². The summed E-state index contributed by atoms with van der Waals surface area (Å²) >= 11 is 0. The van der Waals surface area contributed by atoms with Gasteiger partial charge in [-0.3, -0.25) is 34.4 Å². The average molecular weight is 902 g/mol. The molecule has 65 heavy (non-hydrogen) atoms. The van der Waals surface area contributed by atoms with Crippen LogP contribution in [-0.4, -0.2) is 72.3 Å². The zero-order valence-corrected chi connectivity index (χ0v) is 39.2. The largest absolute Gasteiger partial charge is 0.390 e. The molecule has 0 aromatic carbocycles. The number of rotatable bonds is 5. The highest BCUT2D eigenvalue weighted by molar-refractivity contribution is 5.84. The van der Waals surface area contributed by atoms with Gasteiger partial charge in [0.1, 0.15) is 5.78 Å². The van der Waals surface area contributed by atoms with Crippen LogP contribution in [0.4, 0.5) is 0 Å². The number of hydrogen-bond donors (Lipinski definition) is 2. The summed E-state index contributed by atoms with van der Waals surface area (Å²) in [6.07, 6.45) is 31.6. The van der Waals surface area contributed by atoms with Crippen LogP contribution >= 0.6 is 0 Å². The molecular weight excluding hydrogens is 811 g/mol. The maximum atomic E-state index is 13.2. The first-order chi connectivity index (χ1) is 29.5. The van der Waals surface area contributed by atoms with Gasteiger partial charge in [-0.15, -0.1) is 0 Å². The topological polar surface area (TPSA) is 139 Å². The second-order valence-corrected chi connectivity index (χ2v) is 22.9. The first-order valence-corrected chi connectivity index (χ1v) is 24.8. The van der Waals surface area contributed by atoms with Gasteiger partial charge in [-0.2, -0.15) is 0 Å². The number of ketones is 1. The van der Waals surface area contributed by atoms with Crippen molar-refractivity contribution in [3.63, 3.8) is 0 Å². The van der Waals surface area contributed by atoms with Gasteiger partial charge >= 0.3 is 0 Å². The monoisotopic (exact) mass is 902 g/mol. The van der Waals surface area contributed by atoms with Gasteiger partial charge in [-0.05, 0) is 206 Å². The third kappa shape index (κ3) is 10.8. The molecule has 0 bridgehead atoms. The lowest BCUT2D eigenvalue weighted by molar-refractivity contribution is -0.180. The molecule has 0 spiro atoms. The summed E-state index contributed by atoms with van der Waals surface area (Å²) in [7, 11) is 3.34. The minimum Gasteiger partial charge on any atom is -0.390 e. The van der Waals surface area contributed by atoms with Crippen LogP contribution < -0.4 is 0 Å². The molecule has 1 amide bonds. The third-order valence-electron chi connectivity index (χ3n) is 19.4. The van der Waals surface area contributed by atoms with E-state index < -0.39 is 11.2 Å². The molecule has 10 rings (SSSR count). The van der Waals surface area contributed by atoms with E-state index in [0.717, 1.165) is 97.3 Å². The minimum absolute atomic E-state index is 0. The number of hydrogen-bond acceptors (Lipinski definition) is 9. The summed E-state index contributed by atoms with van der Waals surface area (Å²) in [5.74, 6) is 8.62. The highest BCUT2D eigenvalue weighted by Crippen LogP contribution is 2.66. The van der Waals surface area contributed by atoms with Crippen molar-refractivity contribution in [3.05, 3.63) is 48.6 Å². The predicted molar refractivity (Wildman–Crippen MR) is 260 cm³/mol. The normalized spacial score (nSPS) is 41.9. The standard InChI is InChI=1S/C25H36N2O2.C22H37NO3.C5H6N2.3CH4/c1-24(29)9-7-18-16(14-24)3-4-20-19(18)8-10-25(2)21(20)5-6-22(25)23(28)13-17-15-26-11-12-27-17;1-21(25)11-9-15-14(13-21)5-6-17-16(15)10-12-22(2)18(17)7-8-19(22)20(24)23(3)26-4;1-5-4-6-2-3-7-5;;;/h11-12,15-16,18-22,29H,3-10,13-14H2,1-2H3;14-19,25H,5-13H2,1-4H3;2-4H,1H3;3*1H4/t16-,18+,19-,20-,21+,22-,24-,25+;14-,15+,16-,17-,18+,19-,21-,22+;;;;/m11..../s1. The van der Waals surface area contributed by atoms with Crippen LogP contribution in [0.25, 0.3) is 0 Å². The van der Waals surface area contributed by atoms with Gasteiger partial charge in [0, 0.05) is 56.1 Å². The van der Waals surface area contributed by atoms with Crippen LogP contribution in [0.15, 0.2) is 37.2 Å². The molecular formula is C55H91N5O5. The van der Waals surface area contributed by atoms with Gasteiger partial charge < -0.3 is 10.2 Å². The molecule has 10 heteroatoms. The van der Waals surface area contributed by atoms with E-state index in [2.05, 4.69) is 33.8 Å². The summed E-state index contributed by atoms with van der Waals surface area (Å²) in [6, 6.07) is 0. The Morgan fingerprint density at radius 3 is 1.54 bits per heavy atom. The maximum absolute atomic E-state index is 13.2. The minimum atomic E-state index is -0.442. The average Bonchev–Trinajstić information content (AvgIpc) is 3.80. The molecule has 0 radical (unpaired) electrons. The number of carbonyl (C=O) groups is 2. The van der Waals surface area contributed by atoms with Crippen LogP contribution in [-0.2, 0) is 20.8 Å². The van der Waals surface area contributed by atoms with Gasteiger partial charge in [0.25, 0.3) is 0 Å². The van der Waals surface area contributed by atoms with Gasteiger partial charge in [0.15, 0.2) is 0 Å². The molecule has 16 atom stereocenters. The number of Topliss-reactive ketones (excluding diaryl/α,β-unsaturated/α-hetero) is 1. The Hall–Kier alpha value is -2.82. The number of amides is 1. The molecule has 10 nitrogen and oxygen atoms in total. The van der Waals surface area contributed by atoms with E-state index in [4.69, 9.17) is 4.84 Å². The Morgan fingerprint density at radius 2 is 1.09 bits per heavy atom. The van der Waals surface area contributed by atoms with Crippen molar-refractivity contribution in [2.45, 2.75) is 190 Å². The molecule has 2 N–H and O–H groups in total. The van der Waals surface area contributed by atoms with E-state index in [-0.39, 0.29) is 50.9 Å². The SMILES string of the molecule is C.C.C.CON(C)C(=O)[C@H]1CC[C@H]2[C@@H]3CC[C@@H]4C[C@](C)(O)CC[C@@H]4[C@H]3CC[C@]12C.C[C@@]1(O)CC[C@H]2[C@H](CC[C@@H]3[C@@H]2CC[C@]2(C)[C@@H](C(=O)Cc4cnccn4)CC[C@@H]32)C1.Cc1cnccn1. The van der Waals surface area contributed by atoms with E-state index in [0.29, 0.717) is 24.0 Å². The van der Waals surface area contributed by atoms with E-state index in [1.54, 1.807) is 51.3 Å². The highest BCUT2D eigenvalue weighted by Gasteiger charge is 2.60. The maximum Gasteiger partial charge on any atom is 0.249 e. The molecule has 366 valence electrons. The first-order valence-electron chi connectivity index (χ1n) is 24.8. The van der Waals surface area contributed by atoms with Crippen LogP contribution in [0.2, 0.25) is 0 Å². The van der Waals surface area contributed by atoms with Crippen LogP contribution in [0.3, 0.4) is 0 Å². The van der Waals surface area contributed by atoms with Crippen molar-refractivity contribution in [1.82, 2.24) is 25.0 Å². The van der Waals surface area contributed by atoms with Crippen LogP contribution in [0, 0.1) is 88.8 Å².